The number of thiophene rings is 1. The second-order valence-electron chi connectivity index (χ2n) is 7.48. The van der Waals surface area contributed by atoms with Crippen molar-refractivity contribution in [3.05, 3.63) is 22.4 Å². The van der Waals surface area contributed by atoms with Gasteiger partial charge in [-0.15, -0.1) is 22.9 Å². The van der Waals surface area contributed by atoms with Gasteiger partial charge in [-0.05, 0) is 68.2 Å². The number of nitrogens with one attached hydrogen (secondary N) is 1. The van der Waals surface area contributed by atoms with Crippen LogP contribution in [0.1, 0.15) is 43.4 Å². The van der Waals surface area contributed by atoms with Gasteiger partial charge >= 0.3 is 0 Å². The molecule has 4 saturated carbocycles. The fourth-order valence-electron chi connectivity index (χ4n) is 5.36. The number of carbonyl (C=O) groups excluding carboxylic acids is 1. The first-order chi connectivity index (χ1) is 10.1. The lowest BCUT2D eigenvalue weighted by Gasteiger charge is -2.59. The third kappa shape index (κ3) is 2.53. The second-order valence-corrected chi connectivity index (χ2v) is 9.31. The maximum absolute atomic E-state index is 12.8. The summed E-state index contributed by atoms with van der Waals surface area (Å²) in [4.78, 5) is 14.1. The molecule has 5 rings (SSSR count). The zero-order valence-electron chi connectivity index (χ0n) is 12.2. The Morgan fingerprint density at radius 2 is 2.10 bits per heavy atom. The lowest BCUT2D eigenvalue weighted by molar-refractivity contribution is -0.144. The van der Waals surface area contributed by atoms with Crippen LogP contribution in [0.25, 0.3) is 0 Å². The van der Waals surface area contributed by atoms with E-state index >= 15 is 0 Å². The third-order valence-corrected chi connectivity index (χ3v) is 7.09. The van der Waals surface area contributed by atoms with Gasteiger partial charge in [0.15, 0.2) is 0 Å². The van der Waals surface area contributed by atoms with Gasteiger partial charge in [0.1, 0.15) is 0 Å². The summed E-state index contributed by atoms with van der Waals surface area (Å²) in [5.74, 6) is 1.65. The molecule has 21 heavy (non-hydrogen) atoms. The van der Waals surface area contributed by atoms with Crippen LogP contribution in [0.2, 0.25) is 0 Å². The smallest absolute Gasteiger partial charge is 0.226 e. The molecule has 2 unspecified atom stereocenters. The summed E-state index contributed by atoms with van der Waals surface area (Å²) in [6.07, 6.45) is 7.56. The zero-order valence-corrected chi connectivity index (χ0v) is 13.8. The predicted octanol–water partition coefficient (Wildman–Crippen LogP) is 3.98. The average molecular weight is 324 g/mol. The van der Waals surface area contributed by atoms with Crippen LogP contribution in [0, 0.1) is 17.3 Å². The summed E-state index contributed by atoms with van der Waals surface area (Å²) < 4.78 is 0. The summed E-state index contributed by atoms with van der Waals surface area (Å²) in [6.45, 7) is 0.756. The van der Waals surface area contributed by atoms with E-state index in [2.05, 4.69) is 22.8 Å². The van der Waals surface area contributed by atoms with Crippen molar-refractivity contribution in [3.63, 3.8) is 0 Å². The first-order valence-corrected chi connectivity index (χ1v) is 9.32. The minimum atomic E-state index is -0.152. The SMILES string of the molecule is O=C(NCCc1cccs1)C12CC3CC(CC(Cl)(C3)C1)C2. The number of amides is 1. The molecular formula is C17H22ClNOS. The van der Waals surface area contributed by atoms with Crippen molar-refractivity contribution >= 4 is 28.8 Å². The molecule has 4 bridgehead atoms. The Hall–Kier alpha value is -0.540. The first-order valence-electron chi connectivity index (χ1n) is 8.07. The highest BCUT2D eigenvalue weighted by molar-refractivity contribution is 7.09. The molecule has 2 nitrogen and oxygen atoms in total. The van der Waals surface area contributed by atoms with Crippen LogP contribution in [0.5, 0.6) is 0 Å². The molecule has 1 aromatic heterocycles. The van der Waals surface area contributed by atoms with E-state index in [1.165, 1.54) is 11.3 Å². The van der Waals surface area contributed by atoms with Gasteiger partial charge in [0.2, 0.25) is 5.91 Å². The van der Waals surface area contributed by atoms with Gasteiger partial charge in [0.05, 0.1) is 5.41 Å². The second kappa shape index (κ2) is 4.99. The number of halogens is 1. The van der Waals surface area contributed by atoms with Gasteiger partial charge in [-0.3, -0.25) is 4.79 Å². The molecule has 1 amide bonds. The average Bonchev–Trinajstić information content (AvgIpc) is 2.88. The number of hydrogen-bond donors (Lipinski definition) is 1. The molecule has 0 spiro atoms. The van der Waals surface area contributed by atoms with E-state index < -0.39 is 0 Å². The van der Waals surface area contributed by atoms with Crippen molar-refractivity contribution in [3.8, 4) is 0 Å². The van der Waals surface area contributed by atoms with Gasteiger partial charge in [-0.25, -0.2) is 0 Å². The molecule has 0 aromatic carbocycles. The molecule has 1 heterocycles. The molecule has 4 heteroatoms. The van der Waals surface area contributed by atoms with Crippen LogP contribution < -0.4 is 5.32 Å². The van der Waals surface area contributed by atoms with E-state index in [9.17, 15) is 4.79 Å². The van der Waals surface area contributed by atoms with Gasteiger partial charge in [0.25, 0.3) is 0 Å². The molecule has 4 aliphatic rings. The standard InChI is InChI=1S/C17H22ClNOS/c18-17-9-12-6-13(10-17)8-16(7-12,11-17)15(20)19-4-3-14-2-1-5-21-14/h1-2,5,12-13H,3-4,6-11H2,(H,19,20). The minimum absolute atomic E-state index is 0.0742. The van der Waals surface area contributed by atoms with Crippen molar-refractivity contribution in [2.45, 2.75) is 49.8 Å². The number of alkyl halides is 1. The Labute approximate surface area is 135 Å². The fourth-order valence-corrected chi connectivity index (χ4v) is 6.76. The van der Waals surface area contributed by atoms with Gasteiger partial charge in [-0.1, -0.05) is 6.07 Å². The van der Waals surface area contributed by atoms with E-state index in [0.29, 0.717) is 11.8 Å². The normalized spacial score (nSPS) is 40.4. The number of carbonyl (C=O) groups is 1. The largest absolute Gasteiger partial charge is 0.355 e. The molecule has 0 saturated heterocycles. The Bertz CT molecular complexity index is 527. The molecule has 114 valence electrons. The number of hydrogen-bond acceptors (Lipinski definition) is 2. The highest BCUT2D eigenvalue weighted by atomic mass is 35.5. The van der Waals surface area contributed by atoms with Crippen molar-refractivity contribution in [1.82, 2.24) is 5.32 Å². The van der Waals surface area contributed by atoms with Gasteiger partial charge in [0, 0.05) is 16.3 Å². The molecular weight excluding hydrogens is 302 g/mol. The van der Waals surface area contributed by atoms with Crippen LogP contribution in [0.3, 0.4) is 0 Å². The Morgan fingerprint density at radius 1 is 1.33 bits per heavy atom. The van der Waals surface area contributed by atoms with E-state index in [-0.39, 0.29) is 16.2 Å². The topological polar surface area (TPSA) is 29.1 Å². The van der Waals surface area contributed by atoms with Crippen LogP contribution in [-0.4, -0.2) is 17.3 Å². The Balaban J connectivity index is 1.42. The van der Waals surface area contributed by atoms with Gasteiger partial charge < -0.3 is 5.32 Å². The van der Waals surface area contributed by atoms with Crippen molar-refractivity contribution in [2.24, 2.45) is 17.3 Å². The zero-order chi connectivity index (χ0) is 14.5. The van der Waals surface area contributed by atoms with Crippen molar-refractivity contribution < 1.29 is 4.79 Å². The maximum Gasteiger partial charge on any atom is 0.226 e. The van der Waals surface area contributed by atoms with Gasteiger partial charge in [-0.2, -0.15) is 0 Å². The van der Waals surface area contributed by atoms with E-state index in [0.717, 1.165) is 45.1 Å². The van der Waals surface area contributed by atoms with Crippen LogP contribution in [0.4, 0.5) is 0 Å². The third-order valence-electron chi connectivity index (χ3n) is 5.71. The van der Waals surface area contributed by atoms with Crippen LogP contribution in [0.15, 0.2) is 17.5 Å². The highest BCUT2D eigenvalue weighted by Crippen LogP contribution is 2.63. The lowest BCUT2D eigenvalue weighted by Crippen LogP contribution is -2.58. The van der Waals surface area contributed by atoms with Crippen LogP contribution >= 0.6 is 22.9 Å². The Morgan fingerprint density at radius 3 is 2.71 bits per heavy atom. The van der Waals surface area contributed by atoms with E-state index in [1.54, 1.807) is 11.3 Å². The molecule has 1 N–H and O–H groups in total. The minimum Gasteiger partial charge on any atom is -0.355 e. The van der Waals surface area contributed by atoms with E-state index in [1.807, 2.05) is 0 Å². The summed E-state index contributed by atoms with van der Waals surface area (Å²) >= 11 is 8.56. The summed E-state index contributed by atoms with van der Waals surface area (Å²) in [5, 5.41) is 5.30. The van der Waals surface area contributed by atoms with Crippen molar-refractivity contribution in [2.75, 3.05) is 6.54 Å². The molecule has 2 atom stereocenters. The molecule has 1 aromatic rings. The Kier molecular flexibility index (Phi) is 3.34. The van der Waals surface area contributed by atoms with Crippen molar-refractivity contribution in [1.29, 1.82) is 0 Å². The van der Waals surface area contributed by atoms with Crippen LogP contribution in [-0.2, 0) is 11.2 Å². The molecule has 4 fully saturated rings. The molecule has 0 radical (unpaired) electrons. The molecule has 4 aliphatic carbocycles. The predicted molar refractivity (Wildman–Crippen MR) is 86.7 cm³/mol. The monoisotopic (exact) mass is 323 g/mol. The quantitative estimate of drug-likeness (QED) is 0.834. The maximum atomic E-state index is 12.8. The number of rotatable bonds is 4. The highest BCUT2D eigenvalue weighted by Gasteiger charge is 2.59. The summed E-state index contributed by atoms with van der Waals surface area (Å²) in [5.41, 5.74) is -0.152. The lowest BCUT2D eigenvalue weighted by atomic mass is 9.49. The molecule has 0 aliphatic heterocycles. The first kappa shape index (κ1) is 14.1. The summed E-state index contributed by atoms with van der Waals surface area (Å²) in [6, 6.07) is 4.20. The fraction of sp³-hybridized carbons (Fsp3) is 0.706. The summed E-state index contributed by atoms with van der Waals surface area (Å²) in [7, 11) is 0. The van der Waals surface area contributed by atoms with E-state index in [4.69, 9.17) is 11.6 Å².